The Morgan fingerprint density at radius 3 is 2.16 bits per heavy atom. The van der Waals surface area contributed by atoms with E-state index in [9.17, 15) is 22.8 Å². The number of rotatable bonds is 10. The molecule has 1 N–H and O–H groups in total. The van der Waals surface area contributed by atoms with Crippen LogP contribution in [0.25, 0.3) is 11.1 Å². The first-order valence-corrected chi connectivity index (χ1v) is 12.1. The molecule has 0 saturated heterocycles. The lowest BCUT2D eigenvalue weighted by atomic mass is 10.0. The molecule has 4 aromatic rings. The van der Waals surface area contributed by atoms with Crippen LogP contribution in [-0.2, 0) is 16.1 Å². The van der Waals surface area contributed by atoms with Gasteiger partial charge in [0.2, 0.25) is 0 Å². The third kappa shape index (κ3) is 7.52. The van der Waals surface area contributed by atoms with E-state index in [-0.39, 0.29) is 24.7 Å². The van der Waals surface area contributed by atoms with Crippen LogP contribution in [0.3, 0.4) is 0 Å². The van der Waals surface area contributed by atoms with Crippen molar-refractivity contribution in [3.05, 3.63) is 112 Å². The van der Waals surface area contributed by atoms with Crippen molar-refractivity contribution in [3.8, 4) is 16.9 Å². The van der Waals surface area contributed by atoms with E-state index in [1.165, 1.54) is 24.3 Å². The van der Waals surface area contributed by atoms with Gasteiger partial charge < -0.3 is 14.8 Å². The van der Waals surface area contributed by atoms with Gasteiger partial charge in [-0.2, -0.15) is 0 Å². The molecule has 9 heteroatoms. The van der Waals surface area contributed by atoms with Crippen LogP contribution in [0.5, 0.6) is 5.75 Å². The molecule has 0 saturated carbocycles. The maximum absolute atomic E-state index is 13.0. The van der Waals surface area contributed by atoms with Gasteiger partial charge in [0, 0.05) is 0 Å². The number of ketones is 1. The number of Topliss-reactive ketones (excluding diaryl/α,β-unsaturated/α-hetero) is 1. The Bertz CT molecular complexity index is 1320. The average Bonchev–Trinajstić information content (AvgIpc) is 3.38. The zero-order valence-electron chi connectivity index (χ0n) is 19.4. The minimum atomic E-state index is -4.77. The van der Waals surface area contributed by atoms with Crippen LogP contribution in [0.15, 0.2) is 96.4 Å². The predicted octanol–water partition coefficient (Wildman–Crippen LogP) is 6.57. The predicted molar refractivity (Wildman–Crippen MR) is 134 cm³/mol. The molecule has 0 spiro atoms. The van der Waals surface area contributed by atoms with Crippen molar-refractivity contribution in [2.75, 3.05) is 6.61 Å². The minimum absolute atomic E-state index is 0.184. The molecule has 1 unspecified atom stereocenters. The Balaban J connectivity index is 1.43. The first-order valence-electron chi connectivity index (χ1n) is 11.2. The van der Waals surface area contributed by atoms with Crippen molar-refractivity contribution in [2.45, 2.75) is 19.0 Å². The molecule has 1 atom stereocenters. The van der Waals surface area contributed by atoms with E-state index in [4.69, 9.17) is 4.74 Å². The highest BCUT2D eigenvalue weighted by Crippen LogP contribution is 2.29. The summed E-state index contributed by atoms with van der Waals surface area (Å²) < 4.78 is 46.7. The summed E-state index contributed by atoms with van der Waals surface area (Å²) in [6.07, 6.45) is -4.77. The lowest BCUT2D eigenvalue weighted by Crippen LogP contribution is -2.35. The number of alkyl halides is 3. The van der Waals surface area contributed by atoms with Crippen LogP contribution in [0.4, 0.5) is 13.2 Å². The molecule has 5 nitrogen and oxygen atoms in total. The molecule has 0 aliphatic carbocycles. The van der Waals surface area contributed by atoms with E-state index in [1.54, 1.807) is 35.7 Å². The minimum Gasteiger partial charge on any atom is -0.406 e. The number of carbonyl (C=O) groups is 2. The fraction of sp³-hybridized carbons (Fsp3) is 0.143. The fourth-order valence-corrected chi connectivity index (χ4v) is 4.40. The first-order chi connectivity index (χ1) is 17.8. The van der Waals surface area contributed by atoms with Gasteiger partial charge >= 0.3 is 6.36 Å². The molecule has 1 aromatic heterocycles. The molecule has 3 aromatic carbocycles. The molecule has 190 valence electrons. The Morgan fingerprint density at radius 1 is 0.865 bits per heavy atom. The van der Waals surface area contributed by atoms with E-state index < -0.39 is 18.3 Å². The monoisotopic (exact) mass is 525 g/mol. The SMILES string of the molecule is O=C(NC(C(=O)COCc1ccccc1)c1ccccc1)c1cc(-c2ccc(OC(F)(F)F)cc2)cs1. The van der Waals surface area contributed by atoms with Gasteiger partial charge in [0.05, 0.1) is 11.5 Å². The quantitative estimate of drug-likeness (QED) is 0.254. The summed E-state index contributed by atoms with van der Waals surface area (Å²) in [5.74, 6) is -1.07. The van der Waals surface area contributed by atoms with E-state index in [1.807, 2.05) is 36.4 Å². The van der Waals surface area contributed by atoms with Crippen molar-refractivity contribution in [1.82, 2.24) is 5.32 Å². The molecular formula is C28H22F3NO4S. The van der Waals surface area contributed by atoms with Gasteiger partial charge in [-0.3, -0.25) is 9.59 Å². The second-order valence-electron chi connectivity index (χ2n) is 8.03. The largest absolute Gasteiger partial charge is 0.573 e. The first kappa shape index (κ1) is 26.1. The van der Waals surface area contributed by atoms with Gasteiger partial charge in [0.1, 0.15) is 18.4 Å². The maximum Gasteiger partial charge on any atom is 0.573 e. The normalized spacial score (nSPS) is 12.1. The fourth-order valence-electron chi connectivity index (χ4n) is 3.58. The molecule has 0 aliphatic rings. The second kappa shape index (κ2) is 11.9. The highest BCUT2D eigenvalue weighted by molar-refractivity contribution is 7.12. The summed E-state index contributed by atoms with van der Waals surface area (Å²) in [7, 11) is 0. The molecule has 37 heavy (non-hydrogen) atoms. The summed E-state index contributed by atoms with van der Waals surface area (Å²) in [4.78, 5) is 26.4. The maximum atomic E-state index is 13.0. The number of ether oxygens (including phenoxy) is 2. The van der Waals surface area contributed by atoms with Crippen LogP contribution in [0.1, 0.15) is 26.8 Å². The number of thiophene rings is 1. The number of nitrogens with one attached hydrogen (secondary N) is 1. The van der Waals surface area contributed by atoms with Gasteiger partial charge in [0.25, 0.3) is 5.91 Å². The van der Waals surface area contributed by atoms with Gasteiger partial charge in [-0.1, -0.05) is 72.8 Å². The number of hydrogen-bond acceptors (Lipinski definition) is 5. The number of benzene rings is 3. The number of halogens is 3. The van der Waals surface area contributed by atoms with Crippen LogP contribution in [0.2, 0.25) is 0 Å². The van der Waals surface area contributed by atoms with Crippen molar-refractivity contribution in [1.29, 1.82) is 0 Å². The third-order valence-corrected chi connectivity index (χ3v) is 6.26. The summed E-state index contributed by atoms with van der Waals surface area (Å²) in [5.41, 5.74) is 2.83. The summed E-state index contributed by atoms with van der Waals surface area (Å²) in [6, 6.07) is 24.4. The molecule has 0 radical (unpaired) electrons. The molecule has 0 aliphatic heterocycles. The molecule has 1 heterocycles. The molecular weight excluding hydrogens is 503 g/mol. The Kier molecular flexibility index (Phi) is 8.37. The van der Waals surface area contributed by atoms with Crippen LogP contribution in [0, 0.1) is 0 Å². The molecule has 0 bridgehead atoms. The van der Waals surface area contributed by atoms with Crippen molar-refractivity contribution >= 4 is 23.0 Å². The Labute approximate surface area is 215 Å². The smallest absolute Gasteiger partial charge is 0.406 e. The lowest BCUT2D eigenvalue weighted by molar-refractivity contribution is -0.274. The van der Waals surface area contributed by atoms with Crippen LogP contribution >= 0.6 is 11.3 Å². The highest BCUT2D eigenvalue weighted by Gasteiger charge is 2.31. The number of carbonyl (C=O) groups excluding carboxylic acids is 2. The van der Waals surface area contributed by atoms with Crippen molar-refractivity contribution in [2.24, 2.45) is 0 Å². The van der Waals surface area contributed by atoms with E-state index in [2.05, 4.69) is 10.1 Å². The van der Waals surface area contributed by atoms with Crippen molar-refractivity contribution in [3.63, 3.8) is 0 Å². The molecule has 4 rings (SSSR count). The molecule has 0 fully saturated rings. The van der Waals surface area contributed by atoms with Gasteiger partial charge in [-0.25, -0.2) is 0 Å². The molecule has 1 amide bonds. The van der Waals surface area contributed by atoms with E-state index in [0.717, 1.165) is 16.9 Å². The Hall–Kier alpha value is -3.95. The summed E-state index contributed by atoms with van der Waals surface area (Å²) in [5, 5.41) is 4.51. The van der Waals surface area contributed by atoms with Crippen molar-refractivity contribution < 1.29 is 32.2 Å². The number of hydrogen-bond donors (Lipinski definition) is 1. The lowest BCUT2D eigenvalue weighted by Gasteiger charge is -2.18. The van der Waals surface area contributed by atoms with E-state index in [0.29, 0.717) is 21.6 Å². The van der Waals surface area contributed by atoms with E-state index >= 15 is 0 Å². The van der Waals surface area contributed by atoms with Gasteiger partial charge in [-0.05, 0) is 45.8 Å². The zero-order chi connectivity index (χ0) is 26.3. The standard InChI is InChI=1S/C28H22F3NO4S/c29-28(30,31)36-23-13-11-20(12-14-23)22-15-25(37-18-22)27(34)32-26(21-9-5-2-6-10-21)24(33)17-35-16-19-7-3-1-4-8-19/h1-15,18,26H,16-17H2,(H,32,34). The van der Waals surface area contributed by atoms with Gasteiger partial charge in [0.15, 0.2) is 5.78 Å². The Morgan fingerprint density at radius 2 is 1.51 bits per heavy atom. The average molecular weight is 526 g/mol. The summed E-state index contributed by atoms with van der Waals surface area (Å²) >= 11 is 1.16. The number of amides is 1. The highest BCUT2D eigenvalue weighted by atomic mass is 32.1. The van der Waals surface area contributed by atoms with Gasteiger partial charge in [-0.15, -0.1) is 24.5 Å². The van der Waals surface area contributed by atoms with Crippen LogP contribution < -0.4 is 10.1 Å². The third-order valence-electron chi connectivity index (χ3n) is 5.33. The summed E-state index contributed by atoms with van der Waals surface area (Å²) in [6.45, 7) is 0.0832. The topological polar surface area (TPSA) is 64.6 Å². The second-order valence-corrected chi connectivity index (χ2v) is 8.94. The van der Waals surface area contributed by atoms with Crippen LogP contribution in [-0.4, -0.2) is 24.7 Å². The zero-order valence-corrected chi connectivity index (χ0v) is 20.2.